The molecule has 0 unspecified atom stereocenters. The Morgan fingerprint density at radius 3 is 1.97 bits per heavy atom. The zero-order chi connectivity index (χ0) is 24.0. The predicted octanol–water partition coefficient (Wildman–Crippen LogP) is 4.38. The van der Waals surface area contributed by atoms with E-state index in [1.807, 2.05) is 21.9 Å². The highest BCUT2D eigenvalue weighted by Crippen LogP contribution is 2.27. The smallest absolute Gasteiger partial charge is 0.253 e. The highest BCUT2D eigenvalue weighted by atomic mass is 16.2. The Bertz CT molecular complexity index is 799. The molecule has 6 nitrogen and oxygen atoms in total. The number of amides is 2. The van der Waals surface area contributed by atoms with Crippen LogP contribution in [0.5, 0.6) is 0 Å². The van der Waals surface area contributed by atoms with Crippen LogP contribution in [0.15, 0.2) is 18.2 Å². The van der Waals surface area contributed by atoms with Gasteiger partial charge in [0.1, 0.15) is 0 Å². The quantitative estimate of drug-likeness (QED) is 0.677. The van der Waals surface area contributed by atoms with E-state index in [1.54, 1.807) is 6.92 Å². The van der Waals surface area contributed by atoms with Crippen LogP contribution in [0.4, 0.5) is 5.69 Å². The third kappa shape index (κ3) is 6.80. The van der Waals surface area contributed by atoms with Crippen molar-refractivity contribution in [3.8, 4) is 0 Å². The maximum absolute atomic E-state index is 13.4. The summed E-state index contributed by atoms with van der Waals surface area (Å²) in [4.78, 5) is 34.8. The van der Waals surface area contributed by atoms with Crippen LogP contribution in [0.2, 0.25) is 0 Å². The lowest BCUT2D eigenvalue weighted by molar-refractivity contribution is -0.116. The Labute approximate surface area is 200 Å². The minimum Gasteiger partial charge on any atom is -0.336 e. The van der Waals surface area contributed by atoms with E-state index >= 15 is 0 Å². The first kappa shape index (κ1) is 25.7. The van der Waals surface area contributed by atoms with E-state index in [0.717, 1.165) is 75.5 Å². The van der Waals surface area contributed by atoms with E-state index in [4.69, 9.17) is 0 Å². The zero-order valence-electron chi connectivity index (χ0n) is 21.5. The molecule has 1 saturated heterocycles. The highest BCUT2D eigenvalue weighted by molar-refractivity contribution is 5.97. The molecule has 2 amide bonds. The minimum atomic E-state index is 0.0771. The monoisotopic (exact) mass is 456 g/mol. The molecule has 0 aromatic heterocycles. The molecule has 3 rings (SSSR count). The van der Waals surface area contributed by atoms with Crippen LogP contribution < -0.4 is 4.90 Å². The maximum atomic E-state index is 13.4. The molecule has 0 N–H and O–H groups in total. The van der Waals surface area contributed by atoms with Gasteiger partial charge in [-0.3, -0.25) is 19.4 Å². The molecule has 0 radical (unpaired) electrons. The molecule has 184 valence electrons. The molecule has 6 heteroatoms. The van der Waals surface area contributed by atoms with Crippen molar-refractivity contribution in [3.05, 3.63) is 29.3 Å². The highest BCUT2D eigenvalue weighted by Gasteiger charge is 2.25. The number of anilines is 1. The first-order valence-electron chi connectivity index (χ1n) is 13.0. The third-order valence-electron chi connectivity index (χ3n) is 7.26. The molecule has 0 aliphatic carbocycles. The fourth-order valence-corrected chi connectivity index (χ4v) is 5.03. The number of carbonyl (C=O) groups is 2. The largest absolute Gasteiger partial charge is 0.336 e. The van der Waals surface area contributed by atoms with Gasteiger partial charge in [0.05, 0.1) is 0 Å². The number of piperazine rings is 1. The van der Waals surface area contributed by atoms with Gasteiger partial charge in [0.25, 0.3) is 5.91 Å². The van der Waals surface area contributed by atoms with Gasteiger partial charge in [0.2, 0.25) is 5.91 Å². The van der Waals surface area contributed by atoms with Crippen LogP contribution in [0, 0.1) is 0 Å². The molecule has 2 heterocycles. The summed E-state index contributed by atoms with van der Waals surface area (Å²) in [7, 11) is 0. The molecule has 1 fully saturated rings. The molecule has 0 atom stereocenters. The van der Waals surface area contributed by atoms with Crippen LogP contribution in [0.1, 0.15) is 82.6 Å². The number of hydrogen-bond donors (Lipinski definition) is 0. The van der Waals surface area contributed by atoms with Crippen molar-refractivity contribution in [1.29, 1.82) is 0 Å². The van der Waals surface area contributed by atoms with Crippen LogP contribution in [-0.2, 0) is 11.3 Å². The van der Waals surface area contributed by atoms with Gasteiger partial charge in [-0.05, 0) is 70.8 Å². The lowest BCUT2D eigenvalue weighted by Gasteiger charge is -2.37. The number of rotatable bonds is 3. The van der Waals surface area contributed by atoms with Gasteiger partial charge in [-0.25, -0.2) is 0 Å². The summed E-state index contributed by atoms with van der Waals surface area (Å²) in [5.74, 6) is 0.186. The Kier molecular flexibility index (Phi) is 9.33. The summed E-state index contributed by atoms with van der Waals surface area (Å²) in [5, 5.41) is 0. The number of hydrogen-bond acceptors (Lipinski definition) is 4. The zero-order valence-corrected chi connectivity index (χ0v) is 21.5. The summed E-state index contributed by atoms with van der Waals surface area (Å²) in [6.45, 7) is 16.5. The van der Waals surface area contributed by atoms with Crippen molar-refractivity contribution in [2.45, 2.75) is 85.4 Å². The van der Waals surface area contributed by atoms with E-state index in [1.165, 1.54) is 19.3 Å². The molecule has 0 spiro atoms. The molecular weight excluding hydrogens is 412 g/mol. The summed E-state index contributed by atoms with van der Waals surface area (Å²) >= 11 is 0. The van der Waals surface area contributed by atoms with Crippen molar-refractivity contribution < 1.29 is 9.59 Å². The SMILES string of the molecule is CC(=O)N1CCCCCCCN(C(C)C)Cc2cc(C(=O)N3CCN(C(C)C)CC3)ccc21. The van der Waals surface area contributed by atoms with Gasteiger partial charge < -0.3 is 9.80 Å². The van der Waals surface area contributed by atoms with Crippen molar-refractivity contribution in [2.75, 3.05) is 44.2 Å². The maximum Gasteiger partial charge on any atom is 0.253 e. The second-order valence-electron chi connectivity index (χ2n) is 10.3. The second kappa shape index (κ2) is 12.0. The van der Waals surface area contributed by atoms with E-state index in [2.05, 4.69) is 43.6 Å². The topological polar surface area (TPSA) is 47.1 Å². The minimum absolute atomic E-state index is 0.0771. The van der Waals surface area contributed by atoms with Crippen LogP contribution in [-0.4, -0.2) is 77.9 Å². The molecule has 2 aliphatic heterocycles. The van der Waals surface area contributed by atoms with Gasteiger partial charge in [-0.15, -0.1) is 0 Å². The molecule has 0 saturated carbocycles. The average Bonchev–Trinajstić information content (AvgIpc) is 2.78. The number of nitrogens with zero attached hydrogens (tertiary/aromatic N) is 4. The molecule has 33 heavy (non-hydrogen) atoms. The summed E-state index contributed by atoms with van der Waals surface area (Å²) in [6, 6.07) is 6.93. The number of fused-ring (bicyclic) bond motifs is 1. The lowest BCUT2D eigenvalue weighted by atomic mass is 10.0. The van der Waals surface area contributed by atoms with Crippen molar-refractivity contribution in [2.24, 2.45) is 0 Å². The second-order valence-corrected chi connectivity index (χ2v) is 10.3. The molecule has 2 aliphatic rings. The van der Waals surface area contributed by atoms with E-state index < -0.39 is 0 Å². The van der Waals surface area contributed by atoms with E-state index in [9.17, 15) is 9.59 Å². The van der Waals surface area contributed by atoms with Crippen molar-refractivity contribution in [3.63, 3.8) is 0 Å². The van der Waals surface area contributed by atoms with Gasteiger partial charge >= 0.3 is 0 Å². The fourth-order valence-electron chi connectivity index (χ4n) is 5.03. The van der Waals surface area contributed by atoms with E-state index in [0.29, 0.717) is 12.1 Å². The summed E-state index contributed by atoms with van der Waals surface area (Å²) in [5.41, 5.74) is 2.80. The van der Waals surface area contributed by atoms with Crippen LogP contribution in [0.3, 0.4) is 0 Å². The Hall–Kier alpha value is -1.92. The van der Waals surface area contributed by atoms with Crippen LogP contribution >= 0.6 is 0 Å². The first-order valence-corrected chi connectivity index (χ1v) is 13.0. The van der Waals surface area contributed by atoms with Gasteiger partial charge in [0, 0.05) is 69.5 Å². The summed E-state index contributed by atoms with van der Waals surface area (Å²) < 4.78 is 0. The van der Waals surface area contributed by atoms with E-state index in [-0.39, 0.29) is 11.8 Å². The van der Waals surface area contributed by atoms with Crippen LogP contribution in [0.25, 0.3) is 0 Å². The first-order chi connectivity index (χ1) is 15.8. The Morgan fingerprint density at radius 1 is 0.758 bits per heavy atom. The lowest BCUT2D eigenvalue weighted by Crippen LogP contribution is -2.50. The van der Waals surface area contributed by atoms with Crippen molar-refractivity contribution >= 4 is 17.5 Å². The van der Waals surface area contributed by atoms with Gasteiger partial charge in [0.15, 0.2) is 0 Å². The standard InChI is InChI=1S/C27H44N4O2/c1-21(2)28-15-17-29(18-16-28)27(33)24-11-12-26-25(19-24)20-30(22(3)4)13-9-7-6-8-10-14-31(26)23(5)32/h11-12,19,21-22H,6-10,13-18,20H2,1-5H3. The number of benzene rings is 1. The Morgan fingerprint density at radius 2 is 1.36 bits per heavy atom. The van der Waals surface area contributed by atoms with Gasteiger partial charge in [-0.1, -0.05) is 19.3 Å². The number of carbonyl (C=O) groups excluding carboxylic acids is 2. The van der Waals surface area contributed by atoms with Crippen molar-refractivity contribution in [1.82, 2.24) is 14.7 Å². The third-order valence-corrected chi connectivity index (χ3v) is 7.26. The molecule has 1 aromatic rings. The predicted molar refractivity (Wildman–Crippen MR) is 136 cm³/mol. The summed E-state index contributed by atoms with van der Waals surface area (Å²) in [6.07, 6.45) is 5.83. The van der Waals surface area contributed by atoms with Gasteiger partial charge in [-0.2, -0.15) is 0 Å². The molecular formula is C27H44N4O2. The molecule has 1 aromatic carbocycles. The normalized spacial score (nSPS) is 19.8. The average molecular weight is 457 g/mol. The Balaban J connectivity index is 1.89. The fraction of sp³-hybridized carbons (Fsp3) is 0.704. The molecule has 0 bridgehead atoms.